The van der Waals surface area contributed by atoms with Gasteiger partial charge in [0.2, 0.25) is 5.78 Å². The van der Waals surface area contributed by atoms with Crippen LogP contribution in [0.15, 0.2) is 85.1 Å². The summed E-state index contributed by atoms with van der Waals surface area (Å²) in [6.07, 6.45) is 1.75. The quantitative estimate of drug-likeness (QED) is 0.377. The van der Waals surface area contributed by atoms with Crippen molar-refractivity contribution in [2.45, 2.75) is 6.92 Å². The largest absolute Gasteiger partial charge is 0.507 e. The highest BCUT2D eigenvalue weighted by atomic mass is 19.1. The maximum absolute atomic E-state index is 13.6. The molecule has 0 radical (unpaired) electrons. The third-order valence-electron chi connectivity index (χ3n) is 5.64. The maximum Gasteiger partial charge on any atom is 0.209 e. The van der Waals surface area contributed by atoms with Gasteiger partial charge >= 0.3 is 0 Å². The Morgan fingerprint density at radius 2 is 1.59 bits per heavy atom. The summed E-state index contributed by atoms with van der Waals surface area (Å²) in [7, 11) is 0. The second-order valence-corrected chi connectivity index (χ2v) is 7.75. The van der Waals surface area contributed by atoms with Crippen LogP contribution in [0, 0.1) is 12.7 Å². The highest BCUT2D eigenvalue weighted by molar-refractivity contribution is 6.21. The van der Waals surface area contributed by atoms with Crippen molar-refractivity contribution in [1.29, 1.82) is 0 Å². The molecule has 0 aliphatic carbocycles. The Bertz CT molecular complexity index is 1530. The summed E-state index contributed by atoms with van der Waals surface area (Å²) in [6, 6.07) is 21.2. The van der Waals surface area contributed by atoms with Gasteiger partial charge in [-0.25, -0.2) is 4.39 Å². The normalized spacial score (nSPS) is 11.2. The van der Waals surface area contributed by atoms with Crippen LogP contribution >= 0.6 is 0 Å². The van der Waals surface area contributed by atoms with Gasteiger partial charge in [-0.3, -0.25) is 9.59 Å². The molecule has 0 bridgehead atoms. The molecule has 0 aliphatic heterocycles. The number of aromatic hydroxyl groups is 1. The number of phenols is 1. The molecule has 2 heterocycles. The molecule has 0 unspecified atom stereocenters. The minimum Gasteiger partial charge on any atom is -0.507 e. The highest BCUT2D eigenvalue weighted by Crippen LogP contribution is 2.31. The summed E-state index contributed by atoms with van der Waals surface area (Å²) in [4.78, 5) is 26.9. The lowest BCUT2D eigenvalue weighted by atomic mass is 9.99. The predicted molar refractivity (Wildman–Crippen MR) is 121 cm³/mol. The molecule has 0 atom stereocenters. The van der Waals surface area contributed by atoms with Crippen LogP contribution in [0.1, 0.15) is 37.5 Å². The number of hydrogen-bond donors (Lipinski definition) is 1. The summed E-state index contributed by atoms with van der Waals surface area (Å²) in [5.41, 5.74) is 2.50. The van der Waals surface area contributed by atoms with Crippen LogP contribution in [-0.4, -0.2) is 21.1 Å². The van der Waals surface area contributed by atoms with Gasteiger partial charge in [0.25, 0.3) is 0 Å². The molecule has 3 aromatic carbocycles. The minimum absolute atomic E-state index is 0.119. The number of pyridine rings is 1. The second kappa shape index (κ2) is 7.46. The molecule has 1 N–H and O–H groups in total. The Labute approximate surface area is 183 Å². The van der Waals surface area contributed by atoms with E-state index in [9.17, 15) is 19.1 Å². The van der Waals surface area contributed by atoms with Crippen molar-refractivity contribution < 1.29 is 19.1 Å². The van der Waals surface area contributed by atoms with Gasteiger partial charge in [0.05, 0.1) is 16.8 Å². The monoisotopic (exact) mass is 423 g/mol. The van der Waals surface area contributed by atoms with Gasteiger partial charge in [-0.1, -0.05) is 35.9 Å². The molecule has 5 aromatic rings. The lowest BCUT2D eigenvalue weighted by Gasteiger charge is -2.08. The summed E-state index contributed by atoms with van der Waals surface area (Å²) in [5, 5.41) is 12.1. The fourth-order valence-electron chi connectivity index (χ4n) is 4.04. The SMILES string of the molecule is Cc1ccc(O)c(C(=O)c2cc(C(=O)c3ccc(F)cc3)n3ccc4ccccc4c23)c1. The first-order chi connectivity index (χ1) is 15.4. The molecule has 32 heavy (non-hydrogen) atoms. The van der Waals surface area contributed by atoms with Crippen molar-refractivity contribution in [2.24, 2.45) is 0 Å². The number of fused-ring (bicyclic) bond motifs is 3. The molecule has 156 valence electrons. The van der Waals surface area contributed by atoms with Crippen LogP contribution in [0.2, 0.25) is 0 Å². The molecule has 2 aromatic heterocycles. The van der Waals surface area contributed by atoms with Crippen LogP contribution in [0.4, 0.5) is 4.39 Å². The number of benzene rings is 3. The van der Waals surface area contributed by atoms with E-state index in [-0.39, 0.29) is 28.6 Å². The fourth-order valence-corrected chi connectivity index (χ4v) is 4.04. The van der Waals surface area contributed by atoms with Crippen molar-refractivity contribution in [3.63, 3.8) is 0 Å². The molecular formula is C27H18FNO3. The van der Waals surface area contributed by atoms with Crippen LogP contribution in [0.5, 0.6) is 5.75 Å². The highest BCUT2D eigenvalue weighted by Gasteiger charge is 2.24. The molecule has 4 nitrogen and oxygen atoms in total. The Morgan fingerprint density at radius 3 is 2.38 bits per heavy atom. The number of aryl methyl sites for hydroxylation is 1. The van der Waals surface area contributed by atoms with E-state index in [1.165, 1.54) is 30.3 Å². The van der Waals surface area contributed by atoms with Crippen LogP contribution in [0.25, 0.3) is 16.3 Å². The van der Waals surface area contributed by atoms with E-state index in [0.29, 0.717) is 16.6 Å². The Kier molecular flexibility index (Phi) is 4.59. The molecule has 0 aliphatic rings. The smallest absolute Gasteiger partial charge is 0.209 e. The number of phenolic OH excluding ortho intramolecular Hbond substituents is 1. The lowest BCUT2D eigenvalue weighted by Crippen LogP contribution is -2.05. The van der Waals surface area contributed by atoms with Gasteiger partial charge in [0, 0.05) is 22.7 Å². The molecule has 0 saturated carbocycles. The zero-order chi connectivity index (χ0) is 22.4. The summed E-state index contributed by atoms with van der Waals surface area (Å²) < 4.78 is 15.1. The lowest BCUT2D eigenvalue weighted by molar-refractivity contribution is 0.103. The number of ketones is 2. The van der Waals surface area contributed by atoms with E-state index in [1.54, 1.807) is 28.8 Å². The molecular weight excluding hydrogens is 405 g/mol. The first kappa shape index (κ1) is 19.7. The average molecular weight is 423 g/mol. The number of nitrogens with zero attached hydrogens (tertiary/aromatic N) is 1. The number of hydrogen-bond acceptors (Lipinski definition) is 3. The van der Waals surface area contributed by atoms with Gasteiger partial charge in [-0.05, 0) is 60.8 Å². The molecule has 5 rings (SSSR count). The standard InChI is InChI=1S/C27H18FNO3/c1-16-6-11-24(30)21(14-16)27(32)22-15-23(26(31)18-7-9-19(28)10-8-18)29-13-12-17-4-2-3-5-20(17)25(22)29/h2-15,30H,1H3. The Hall–Kier alpha value is -4.25. The minimum atomic E-state index is -0.432. The Balaban J connectivity index is 1.79. The van der Waals surface area contributed by atoms with E-state index in [4.69, 9.17) is 0 Å². The summed E-state index contributed by atoms with van der Waals surface area (Å²) >= 11 is 0. The van der Waals surface area contributed by atoms with Gasteiger partial charge in [0.1, 0.15) is 11.6 Å². The molecule has 0 amide bonds. The van der Waals surface area contributed by atoms with E-state index >= 15 is 0 Å². The number of halogens is 1. The third kappa shape index (κ3) is 3.15. The zero-order valence-corrected chi connectivity index (χ0v) is 17.2. The van der Waals surface area contributed by atoms with Gasteiger partial charge in [-0.15, -0.1) is 0 Å². The summed E-state index contributed by atoms with van der Waals surface area (Å²) in [5.74, 6) is -1.26. The number of carbonyl (C=O) groups excluding carboxylic acids is 2. The summed E-state index contributed by atoms with van der Waals surface area (Å²) in [6.45, 7) is 1.84. The van der Waals surface area contributed by atoms with Crippen LogP contribution < -0.4 is 0 Å². The number of carbonyl (C=O) groups is 2. The van der Waals surface area contributed by atoms with Crippen molar-refractivity contribution >= 4 is 27.9 Å². The predicted octanol–water partition coefficient (Wildman–Crippen LogP) is 5.71. The molecule has 5 heteroatoms. The van der Waals surface area contributed by atoms with Crippen molar-refractivity contribution in [3.8, 4) is 5.75 Å². The van der Waals surface area contributed by atoms with Gasteiger partial charge in [-0.2, -0.15) is 0 Å². The first-order valence-corrected chi connectivity index (χ1v) is 10.1. The van der Waals surface area contributed by atoms with Gasteiger partial charge in [0.15, 0.2) is 5.78 Å². The Morgan fingerprint density at radius 1 is 0.844 bits per heavy atom. The third-order valence-corrected chi connectivity index (χ3v) is 5.64. The van der Waals surface area contributed by atoms with E-state index in [0.717, 1.165) is 16.3 Å². The number of aromatic nitrogens is 1. The van der Waals surface area contributed by atoms with Crippen molar-refractivity contribution in [3.05, 3.63) is 119 Å². The van der Waals surface area contributed by atoms with Crippen molar-refractivity contribution in [2.75, 3.05) is 0 Å². The van der Waals surface area contributed by atoms with E-state index < -0.39 is 5.82 Å². The zero-order valence-electron chi connectivity index (χ0n) is 17.2. The second-order valence-electron chi connectivity index (χ2n) is 7.75. The van der Waals surface area contributed by atoms with Crippen LogP contribution in [0.3, 0.4) is 0 Å². The fraction of sp³-hybridized carbons (Fsp3) is 0.0370. The van der Waals surface area contributed by atoms with E-state index in [2.05, 4.69) is 0 Å². The average Bonchev–Trinajstić information content (AvgIpc) is 3.20. The first-order valence-electron chi connectivity index (χ1n) is 10.1. The van der Waals surface area contributed by atoms with Gasteiger partial charge < -0.3 is 9.51 Å². The topological polar surface area (TPSA) is 58.8 Å². The maximum atomic E-state index is 13.6. The molecule has 0 spiro atoms. The molecule has 0 fully saturated rings. The van der Waals surface area contributed by atoms with Crippen molar-refractivity contribution in [1.82, 2.24) is 4.40 Å². The number of rotatable bonds is 4. The van der Waals surface area contributed by atoms with Crippen LogP contribution in [-0.2, 0) is 0 Å². The van der Waals surface area contributed by atoms with E-state index in [1.807, 2.05) is 37.3 Å². The molecule has 0 saturated heterocycles.